The topological polar surface area (TPSA) is 89.3 Å². The maximum atomic E-state index is 9.85. The molecule has 0 radical (unpaired) electrons. The Bertz CT molecular complexity index is 99.2. The van der Waals surface area contributed by atoms with Gasteiger partial charge in [0.05, 0.1) is 12.1 Å². The number of nitrogens with two attached hydrogens (primary N) is 2. The van der Waals surface area contributed by atoms with E-state index in [2.05, 4.69) is 0 Å². The van der Waals surface area contributed by atoms with Gasteiger partial charge in [0, 0.05) is 0 Å². The smallest absolute Gasteiger partial charge is 0.306 e. The summed E-state index contributed by atoms with van der Waals surface area (Å²) in [5.41, 5.74) is 9.19. The summed E-state index contributed by atoms with van der Waals surface area (Å²) in [6.45, 7) is 1.46. The van der Waals surface area contributed by atoms with E-state index in [0.29, 0.717) is 0 Å². The van der Waals surface area contributed by atoms with E-state index in [1.165, 1.54) is 6.92 Å². The van der Waals surface area contributed by atoms with Crippen LogP contribution in [0.15, 0.2) is 0 Å². The number of hydrogen-bond acceptors (Lipinski definition) is 3. The monoisotopic (exact) mass is 154 g/mol. The fourth-order valence-electron chi connectivity index (χ4n) is 0.326. The zero-order chi connectivity index (χ0) is 6.78. The van der Waals surface area contributed by atoms with E-state index in [1.54, 1.807) is 0 Å². The highest BCUT2D eigenvalue weighted by atomic mass is 35.5. The van der Waals surface area contributed by atoms with Crippen LogP contribution in [0.1, 0.15) is 13.3 Å². The molecule has 0 bridgehead atoms. The Hall–Kier alpha value is -0.320. The average Bonchev–Trinajstić information content (AvgIpc) is 1.21. The van der Waals surface area contributed by atoms with Crippen molar-refractivity contribution >= 4 is 18.4 Å². The molecule has 0 aliphatic rings. The second kappa shape index (κ2) is 3.66. The first kappa shape index (κ1) is 11.5. The van der Waals surface area contributed by atoms with Crippen LogP contribution in [0, 0.1) is 0 Å². The quantitative estimate of drug-likeness (QED) is 0.469. The Balaban J connectivity index is 0. The van der Waals surface area contributed by atoms with Crippen LogP contribution in [-0.4, -0.2) is 16.7 Å². The van der Waals surface area contributed by atoms with Gasteiger partial charge in [-0.1, -0.05) is 0 Å². The van der Waals surface area contributed by atoms with Crippen molar-refractivity contribution in [1.82, 2.24) is 0 Å². The predicted molar refractivity (Wildman–Crippen MR) is 36.3 cm³/mol. The summed E-state index contributed by atoms with van der Waals surface area (Å²) in [6, 6.07) is 0. The Kier molecular flexibility index (Phi) is 4.66. The summed E-state index contributed by atoms with van der Waals surface area (Å²) in [6.07, 6.45) is -0.201. The molecule has 4 nitrogen and oxygen atoms in total. The standard InChI is InChI=1S/C4H10N2O2.ClH/c1-4(5,6)2-3(7)8;/h2,5-6H2,1H3,(H,7,8);1H. The van der Waals surface area contributed by atoms with Crippen LogP contribution in [-0.2, 0) is 4.79 Å². The average molecular weight is 155 g/mol. The maximum Gasteiger partial charge on any atom is 0.306 e. The third kappa shape index (κ3) is 11.3. The number of carboxylic acids is 1. The molecule has 0 saturated carbocycles. The molecule has 5 heteroatoms. The van der Waals surface area contributed by atoms with Crippen molar-refractivity contribution in [3.05, 3.63) is 0 Å². The number of carbonyl (C=O) groups is 1. The number of hydrogen-bond donors (Lipinski definition) is 3. The van der Waals surface area contributed by atoms with E-state index in [9.17, 15) is 4.79 Å². The number of halogens is 1. The lowest BCUT2D eigenvalue weighted by Crippen LogP contribution is -2.47. The second-order valence-corrected chi connectivity index (χ2v) is 2.08. The van der Waals surface area contributed by atoms with E-state index in [1.807, 2.05) is 0 Å². The molecule has 56 valence electrons. The van der Waals surface area contributed by atoms with Crippen molar-refractivity contribution in [2.45, 2.75) is 19.0 Å². The first-order valence-electron chi connectivity index (χ1n) is 2.21. The van der Waals surface area contributed by atoms with Crippen molar-refractivity contribution in [3.63, 3.8) is 0 Å². The fourth-order valence-corrected chi connectivity index (χ4v) is 0.326. The molecule has 9 heavy (non-hydrogen) atoms. The lowest BCUT2D eigenvalue weighted by Gasteiger charge is -2.13. The van der Waals surface area contributed by atoms with Crippen LogP contribution >= 0.6 is 12.4 Å². The second-order valence-electron chi connectivity index (χ2n) is 2.08. The van der Waals surface area contributed by atoms with Crippen LogP contribution in [0.3, 0.4) is 0 Å². The molecule has 0 aromatic carbocycles. The molecule has 0 aliphatic heterocycles. The van der Waals surface area contributed by atoms with E-state index in [-0.39, 0.29) is 18.8 Å². The van der Waals surface area contributed by atoms with Gasteiger partial charge in [-0.25, -0.2) is 0 Å². The molecule has 0 aromatic rings. The maximum absolute atomic E-state index is 9.85. The van der Waals surface area contributed by atoms with Gasteiger partial charge in [0.2, 0.25) is 0 Å². The van der Waals surface area contributed by atoms with E-state index < -0.39 is 11.6 Å². The highest BCUT2D eigenvalue weighted by Gasteiger charge is 2.14. The van der Waals surface area contributed by atoms with Gasteiger partial charge in [-0.2, -0.15) is 0 Å². The van der Waals surface area contributed by atoms with Gasteiger partial charge in [0.25, 0.3) is 0 Å². The van der Waals surface area contributed by atoms with Gasteiger partial charge in [0.1, 0.15) is 0 Å². The molecule has 5 N–H and O–H groups in total. The molecule has 0 atom stereocenters. The summed E-state index contributed by atoms with van der Waals surface area (Å²) < 4.78 is 0. The van der Waals surface area contributed by atoms with Crippen LogP contribution in [0.4, 0.5) is 0 Å². The Morgan fingerprint density at radius 3 is 2.00 bits per heavy atom. The molecule has 0 aliphatic carbocycles. The zero-order valence-electron chi connectivity index (χ0n) is 5.13. The Labute approximate surface area is 59.6 Å². The first-order chi connectivity index (χ1) is 3.42. The summed E-state index contributed by atoms with van der Waals surface area (Å²) in [4.78, 5) is 9.85. The van der Waals surface area contributed by atoms with Gasteiger partial charge < -0.3 is 16.6 Å². The lowest BCUT2D eigenvalue weighted by molar-refractivity contribution is -0.138. The normalized spacial score (nSPS) is 10.1. The minimum atomic E-state index is -1.08. The molecule has 0 heterocycles. The Morgan fingerprint density at radius 2 is 2.00 bits per heavy atom. The van der Waals surface area contributed by atoms with E-state index >= 15 is 0 Å². The van der Waals surface area contributed by atoms with Gasteiger partial charge in [-0.15, -0.1) is 12.4 Å². The van der Waals surface area contributed by atoms with Crippen molar-refractivity contribution in [1.29, 1.82) is 0 Å². The van der Waals surface area contributed by atoms with Crippen LogP contribution < -0.4 is 11.5 Å². The molecule has 0 saturated heterocycles. The SMILES string of the molecule is CC(N)(N)CC(=O)O.Cl. The van der Waals surface area contributed by atoms with Crippen molar-refractivity contribution < 1.29 is 9.90 Å². The third-order valence-electron chi connectivity index (χ3n) is 0.532. The molecule has 0 fully saturated rings. The molecule has 0 rings (SSSR count). The van der Waals surface area contributed by atoms with E-state index in [4.69, 9.17) is 16.6 Å². The van der Waals surface area contributed by atoms with Crippen LogP contribution in [0.25, 0.3) is 0 Å². The minimum absolute atomic E-state index is 0. The Morgan fingerprint density at radius 1 is 1.67 bits per heavy atom. The molecule has 0 unspecified atom stereocenters. The highest BCUT2D eigenvalue weighted by Crippen LogP contribution is 1.93. The summed E-state index contributed by atoms with van der Waals surface area (Å²) in [5, 5.41) is 8.09. The summed E-state index contributed by atoms with van der Waals surface area (Å²) >= 11 is 0. The van der Waals surface area contributed by atoms with Crippen molar-refractivity contribution in [2.24, 2.45) is 11.5 Å². The largest absolute Gasteiger partial charge is 0.481 e. The van der Waals surface area contributed by atoms with Crippen LogP contribution in [0.2, 0.25) is 0 Å². The first-order valence-corrected chi connectivity index (χ1v) is 2.21. The van der Waals surface area contributed by atoms with E-state index in [0.717, 1.165) is 0 Å². The van der Waals surface area contributed by atoms with Crippen molar-refractivity contribution in [2.75, 3.05) is 0 Å². The van der Waals surface area contributed by atoms with Crippen molar-refractivity contribution in [3.8, 4) is 0 Å². The fraction of sp³-hybridized carbons (Fsp3) is 0.750. The van der Waals surface area contributed by atoms with Gasteiger partial charge in [-0.05, 0) is 6.92 Å². The predicted octanol–water partition coefficient (Wildman–Crippen LogP) is -0.484. The zero-order valence-corrected chi connectivity index (χ0v) is 5.94. The number of carboxylic acid groups (broad SMARTS) is 1. The lowest BCUT2D eigenvalue weighted by atomic mass is 10.1. The summed E-state index contributed by atoms with van der Waals surface area (Å²) in [7, 11) is 0. The minimum Gasteiger partial charge on any atom is -0.481 e. The molecule has 0 spiro atoms. The molecular weight excluding hydrogens is 144 g/mol. The number of rotatable bonds is 2. The highest BCUT2D eigenvalue weighted by molar-refractivity contribution is 5.85. The van der Waals surface area contributed by atoms with Crippen LogP contribution in [0.5, 0.6) is 0 Å². The summed E-state index contributed by atoms with van der Waals surface area (Å²) in [5.74, 6) is -0.975. The van der Waals surface area contributed by atoms with Gasteiger partial charge in [0.15, 0.2) is 0 Å². The molecular formula is C4H11ClN2O2. The van der Waals surface area contributed by atoms with Gasteiger partial charge in [-0.3, -0.25) is 4.79 Å². The van der Waals surface area contributed by atoms with Gasteiger partial charge >= 0.3 is 5.97 Å². The third-order valence-corrected chi connectivity index (χ3v) is 0.532. The number of aliphatic carboxylic acids is 1. The molecule has 0 amide bonds. The molecule has 0 aromatic heterocycles.